The van der Waals surface area contributed by atoms with Crippen LogP contribution < -0.4 is 0 Å². The smallest absolute Gasteiger partial charge is 0.276 e. The van der Waals surface area contributed by atoms with Gasteiger partial charge in [-0.1, -0.05) is 0 Å². The molecule has 0 aromatic carbocycles. The number of aryl methyl sites for hydroxylation is 1. The van der Waals surface area contributed by atoms with E-state index < -0.39 is 0 Å². The van der Waals surface area contributed by atoms with E-state index in [1.807, 2.05) is 23.7 Å². The maximum Gasteiger partial charge on any atom is 0.276 e. The molecule has 1 aliphatic heterocycles. The van der Waals surface area contributed by atoms with Gasteiger partial charge < -0.3 is 18.6 Å². The highest BCUT2D eigenvalue weighted by molar-refractivity contribution is 5.92. The van der Waals surface area contributed by atoms with Gasteiger partial charge >= 0.3 is 0 Å². The Hall–Kier alpha value is -3.00. The molecule has 0 saturated carbocycles. The maximum atomic E-state index is 12.8. The Kier molecular flexibility index (Phi) is 4.49. The highest BCUT2D eigenvalue weighted by Crippen LogP contribution is 2.24. The van der Waals surface area contributed by atoms with Crippen molar-refractivity contribution in [3.8, 4) is 0 Å². The minimum atomic E-state index is -0.174. The Morgan fingerprint density at radius 3 is 2.96 bits per heavy atom. The molecule has 0 saturated heterocycles. The van der Waals surface area contributed by atoms with Gasteiger partial charge in [-0.25, -0.2) is 9.97 Å². The zero-order valence-electron chi connectivity index (χ0n) is 14.4. The zero-order chi connectivity index (χ0) is 17.9. The first kappa shape index (κ1) is 16.5. The van der Waals surface area contributed by atoms with Gasteiger partial charge in [0, 0.05) is 31.6 Å². The van der Waals surface area contributed by atoms with E-state index in [1.165, 1.54) is 12.7 Å². The fraction of sp³-hybridized carbons (Fsp3) is 0.333. The van der Waals surface area contributed by atoms with Gasteiger partial charge in [0.15, 0.2) is 12.1 Å². The third-order valence-electron chi connectivity index (χ3n) is 4.58. The van der Waals surface area contributed by atoms with E-state index in [-0.39, 0.29) is 11.9 Å². The Bertz CT molecular complexity index is 876. The second kappa shape index (κ2) is 7.09. The van der Waals surface area contributed by atoms with Crippen LogP contribution in [-0.4, -0.2) is 43.0 Å². The summed E-state index contributed by atoms with van der Waals surface area (Å²) in [7, 11) is 1.97. The molecule has 134 valence electrons. The largest absolute Gasteiger partial charge is 0.451 e. The number of nitrogens with zero attached hydrogens (tertiary/aromatic N) is 5. The van der Waals surface area contributed by atoms with Crippen molar-refractivity contribution in [2.45, 2.75) is 25.6 Å². The molecule has 1 amide bonds. The van der Waals surface area contributed by atoms with Crippen molar-refractivity contribution in [3.05, 3.63) is 66.2 Å². The lowest BCUT2D eigenvalue weighted by molar-refractivity contribution is 0.0311. The van der Waals surface area contributed by atoms with Crippen molar-refractivity contribution >= 4 is 5.91 Å². The fourth-order valence-corrected chi connectivity index (χ4v) is 3.17. The first-order valence-electron chi connectivity index (χ1n) is 8.37. The first-order chi connectivity index (χ1) is 12.7. The van der Waals surface area contributed by atoms with Gasteiger partial charge in [0.1, 0.15) is 6.26 Å². The maximum absolute atomic E-state index is 12.8. The fourth-order valence-electron chi connectivity index (χ4n) is 3.17. The molecule has 3 aromatic heterocycles. The predicted molar refractivity (Wildman–Crippen MR) is 91.0 cm³/mol. The average molecular weight is 353 g/mol. The second-order valence-electron chi connectivity index (χ2n) is 6.28. The molecule has 8 heteroatoms. The summed E-state index contributed by atoms with van der Waals surface area (Å²) in [5.74, 6) is -0.174. The number of hydrogen-bond acceptors (Lipinski definition) is 6. The van der Waals surface area contributed by atoms with Crippen LogP contribution in [0.4, 0.5) is 0 Å². The number of carbonyl (C=O) groups excluding carboxylic acids is 1. The van der Waals surface area contributed by atoms with Crippen LogP contribution in [-0.2, 0) is 31.4 Å². The SMILES string of the molecule is Cn1cnc2c1C[C@H](COCc1ccncc1)N(C(=O)c1cocn1)C2. The molecule has 8 nitrogen and oxygen atoms in total. The molecule has 4 heterocycles. The molecule has 1 atom stereocenters. The highest BCUT2D eigenvalue weighted by Gasteiger charge is 2.33. The summed E-state index contributed by atoms with van der Waals surface area (Å²) in [6.45, 7) is 1.34. The van der Waals surface area contributed by atoms with Crippen molar-refractivity contribution in [2.24, 2.45) is 7.05 Å². The number of oxazole rings is 1. The van der Waals surface area contributed by atoms with E-state index in [2.05, 4.69) is 15.0 Å². The van der Waals surface area contributed by atoms with Crippen LogP contribution in [0.15, 0.2) is 47.9 Å². The number of fused-ring (bicyclic) bond motifs is 1. The minimum absolute atomic E-state index is 0.0936. The number of imidazole rings is 1. The lowest BCUT2D eigenvalue weighted by Crippen LogP contribution is -2.47. The molecule has 0 radical (unpaired) electrons. The number of carbonyl (C=O) groups is 1. The van der Waals surface area contributed by atoms with Crippen molar-refractivity contribution in [3.63, 3.8) is 0 Å². The molecule has 0 N–H and O–H groups in total. The Labute approximate surface area is 150 Å². The van der Waals surface area contributed by atoms with Gasteiger partial charge in [-0.2, -0.15) is 0 Å². The number of rotatable bonds is 5. The summed E-state index contributed by atoms with van der Waals surface area (Å²) in [5, 5.41) is 0. The average Bonchev–Trinajstić information content (AvgIpc) is 3.32. The third-order valence-corrected chi connectivity index (χ3v) is 4.58. The predicted octanol–water partition coefficient (Wildman–Crippen LogP) is 1.59. The molecule has 26 heavy (non-hydrogen) atoms. The van der Waals surface area contributed by atoms with Crippen LogP contribution in [0, 0.1) is 0 Å². The molecule has 0 bridgehead atoms. The van der Waals surface area contributed by atoms with Crippen molar-refractivity contribution < 1.29 is 13.9 Å². The van der Waals surface area contributed by atoms with Crippen molar-refractivity contribution in [2.75, 3.05) is 6.61 Å². The van der Waals surface area contributed by atoms with Gasteiger partial charge in [0.05, 0.1) is 37.8 Å². The standard InChI is InChI=1S/C18H19N5O3/c1-22-11-20-15-7-23(18(24)16-10-26-12-21-16)14(6-17(15)22)9-25-8-13-2-4-19-5-3-13/h2-5,10-12,14H,6-9H2,1H3/t14-/m1/s1. The zero-order valence-corrected chi connectivity index (χ0v) is 14.4. The lowest BCUT2D eigenvalue weighted by atomic mass is 10.0. The summed E-state index contributed by atoms with van der Waals surface area (Å²) in [5.41, 5.74) is 3.39. The molecular formula is C18H19N5O3. The van der Waals surface area contributed by atoms with Crippen LogP contribution in [0.2, 0.25) is 0 Å². The summed E-state index contributed by atoms with van der Waals surface area (Å²) >= 11 is 0. The molecule has 0 fully saturated rings. The van der Waals surface area contributed by atoms with E-state index in [4.69, 9.17) is 9.15 Å². The monoisotopic (exact) mass is 353 g/mol. The number of amides is 1. The Balaban J connectivity index is 1.51. The summed E-state index contributed by atoms with van der Waals surface area (Å²) in [6, 6.07) is 3.74. The van der Waals surface area contributed by atoms with Crippen LogP contribution in [0.3, 0.4) is 0 Å². The number of ether oxygens (including phenoxy) is 1. The van der Waals surface area contributed by atoms with Crippen molar-refractivity contribution in [1.82, 2.24) is 24.4 Å². The molecule has 0 unspecified atom stereocenters. The molecule has 4 rings (SSSR count). The normalized spacial score (nSPS) is 16.5. The van der Waals surface area contributed by atoms with Crippen LogP contribution in [0.5, 0.6) is 0 Å². The van der Waals surface area contributed by atoms with E-state index in [0.29, 0.717) is 31.9 Å². The van der Waals surface area contributed by atoms with Crippen LogP contribution in [0.1, 0.15) is 27.4 Å². The first-order valence-corrected chi connectivity index (χ1v) is 8.37. The number of hydrogen-bond donors (Lipinski definition) is 0. The van der Waals surface area contributed by atoms with Gasteiger partial charge in [-0.15, -0.1) is 0 Å². The van der Waals surface area contributed by atoms with Crippen LogP contribution in [0.25, 0.3) is 0 Å². The van der Waals surface area contributed by atoms with Gasteiger partial charge in [0.2, 0.25) is 0 Å². The van der Waals surface area contributed by atoms with E-state index in [9.17, 15) is 4.79 Å². The molecule has 1 aliphatic rings. The topological polar surface area (TPSA) is 86.3 Å². The summed E-state index contributed by atoms with van der Waals surface area (Å²) in [4.78, 5) is 27.0. The quantitative estimate of drug-likeness (QED) is 0.692. The summed E-state index contributed by atoms with van der Waals surface area (Å²) < 4.78 is 12.9. The summed E-state index contributed by atoms with van der Waals surface area (Å²) in [6.07, 6.45) is 8.57. The van der Waals surface area contributed by atoms with Gasteiger partial charge in [-0.05, 0) is 17.7 Å². The Morgan fingerprint density at radius 2 is 2.19 bits per heavy atom. The Morgan fingerprint density at radius 1 is 1.35 bits per heavy atom. The van der Waals surface area contributed by atoms with Crippen molar-refractivity contribution in [1.29, 1.82) is 0 Å². The number of pyridine rings is 1. The highest BCUT2D eigenvalue weighted by atomic mass is 16.5. The molecule has 0 aliphatic carbocycles. The lowest BCUT2D eigenvalue weighted by Gasteiger charge is -2.35. The van der Waals surface area contributed by atoms with E-state index in [0.717, 1.165) is 17.0 Å². The van der Waals surface area contributed by atoms with E-state index in [1.54, 1.807) is 23.6 Å². The molecule has 0 spiro atoms. The van der Waals surface area contributed by atoms with Gasteiger partial charge in [-0.3, -0.25) is 9.78 Å². The van der Waals surface area contributed by atoms with Crippen LogP contribution >= 0.6 is 0 Å². The molecular weight excluding hydrogens is 334 g/mol. The van der Waals surface area contributed by atoms with Gasteiger partial charge in [0.25, 0.3) is 5.91 Å². The second-order valence-corrected chi connectivity index (χ2v) is 6.28. The third kappa shape index (κ3) is 3.23. The minimum Gasteiger partial charge on any atom is -0.451 e. The number of aromatic nitrogens is 4. The van der Waals surface area contributed by atoms with E-state index >= 15 is 0 Å². The molecule has 3 aromatic rings.